The third-order valence-electron chi connectivity index (χ3n) is 2.84. The Kier molecular flexibility index (Phi) is 8.52. The minimum absolute atomic E-state index is 0.112. The van der Waals surface area contributed by atoms with Gasteiger partial charge in [0.15, 0.2) is 0 Å². The van der Waals surface area contributed by atoms with Crippen molar-refractivity contribution in [3.05, 3.63) is 0 Å². The fourth-order valence-corrected chi connectivity index (χ4v) is 1.88. The highest BCUT2D eigenvalue weighted by Gasteiger charge is 2.42. The molecule has 0 fully saturated rings. The van der Waals surface area contributed by atoms with Crippen LogP contribution in [0.4, 0.5) is 13.2 Å². The van der Waals surface area contributed by atoms with Crippen LogP contribution in [0.15, 0.2) is 0 Å². The molecule has 2 N–H and O–H groups in total. The van der Waals surface area contributed by atoms with Crippen LogP contribution in [0.5, 0.6) is 0 Å². The van der Waals surface area contributed by atoms with Gasteiger partial charge in [0, 0.05) is 6.54 Å². The summed E-state index contributed by atoms with van der Waals surface area (Å²) >= 11 is 4.54. The van der Waals surface area contributed by atoms with Gasteiger partial charge in [-0.2, -0.15) is 13.2 Å². The molecule has 0 aliphatic carbocycles. The third kappa shape index (κ3) is 7.16. The number of nitrogens with two attached hydrogens (primary N) is 1. The van der Waals surface area contributed by atoms with Crippen LogP contribution in [0.2, 0.25) is 0 Å². The lowest BCUT2D eigenvalue weighted by molar-refractivity contribution is -0.159. The molecule has 2 nitrogen and oxygen atoms in total. The van der Waals surface area contributed by atoms with Crippen molar-refractivity contribution < 1.29 is 13.2 Å². The average Bonchev–Trinajstić information content (AvgIpc) is 2.25. The summed E-state index contributed by atoms with van der Waals surface area (Å²) in [5.41, 5.74) is 5.21. The highest BCUT2D eigenvalue weighted by molar-refractivity contribution is 7.80. The van der Waals surface area contributed by atoms with Crippen LogP contribution in [0, 0.1) is 5.92 Å². The largest absolute Gasteiger partial charge is 0.399 e. The Hall–Kier alpha value is -0.360. The van der Waals surface area contributed by atoms with Gasteiger partial charge < -0.3 is 10.6 Å². The summed E-state index contributed by atoms with van der Waals surface area (Å²) in [7, 11) is 0. The van der Waals surface area contributed by atoms with E-state index in [4.69, 9.17) is 5.73 Å². The summed E-state index contributed by atoms with van der Waals surface area (Å²) in [6.07, 6.45) is -0.626. The molecule has 0 heterocycles. The molecule has 0 aromatic heterocycles. The number of unbranched alkanes of at least 4 members (excludes halogenated alkanes) is 2. The van der Waals surface area contributed by atoms with Crippen molar-refractivity contribution in [3.8, 4) is 0 Å². The summed E-state index contributed by atoms with van der Waals surface area (Å²) in [5, 5.41) is 0. The van der Waals surface area contributed by atoms with E-state index < -0.39 is 17.1 Å². The maximum Gasteiger partial charge on any atom is 0.399 e. The van der Waals surface area contributed by atoms with E-state index in [1.165, 1.54) is 0 Å². The first-order valence-electron chi connectivity index (χ1n) is 6.41. The van der Waals surface area contributed by atoms with E-state index in [-0.39, 0.29) is 6.54 Å². The first kappa shape index (κ1) is 17.6. The molecule has 1 atom stereocenters. The highest BCUT2D eigenvalue weighted by atomic mass is 32.1. The Morgan fingerprint density at radius 3 is 1.89 bits per heavy atom. The van der Waals surface area contributed by atoms with Crippen molar-refractivity contribution in [2.75, 3.05) is 19.6 Å². The van der Waals surface area contributed by atoms with Gasteiger partial charge in [-0.15, -0.1) is 0 Å². The Morgan fingerprint density at radius 2 is 1.61 bits per heavy atom. The van der Waals surface area contributed by atoms with Crippen molar-refractivity contribution in [2.24, 2.45) is 11.7 Å². The lowest BCUT2D eigenvalue weighted by atomic mass is 10.1. The van der Waals surface area contributed by atoms with Gasteiger partial charge in [0.2, 0.25) is 0 Å². The van der Waals surface area contributed by atoms with Crippen LogP contribution >= 0.6 is 12.2 Å². The first-order valence-corrected chi connectivity index (χ1v) is 6.82. The zero-order valence-electron chi connectivity index (χ0n) is 11.1. The van der Waals surface area contributed by atoms with Crippen LogP contribution in [0.1, 0.15) is 39.5 Å². The van der Waals surface area contributed by atoms with Gasteiger partial charge in [0.05, 0.1) is 4.99 Å². The second kappa shape index (κ2) is 8.69. The smallest absolute Gasteiger partial charge is 0.393 e. The SMILES string of the molecule is CCCCN(CCCC)CC(C(N)=S)C(F)(F)F. The zero-order chi connectivity index (χ0) is 14.2. The molecule has 0 saturated heterocycles. The molecule has 0 bridgehead atoms. The molecule has 0 amide bonds. The van der Waals surface area contributed by atoms with E-state index in [9.17, 15) is 13.2 Å². The molecule has 6 heteroatoms. The Morgan fingerprint density at radius 1 is 1.17 bits per heavy atom. The molecule has 0 radical (unpaired) electrons. The van der Waals surface area contributed by atoms with Gasteiger partial charge in [0.1, 0.15) is 5.92 Å². The van der Waals surface area contributed by atoms with Crippen molar-refractivity contribution in [2.45, 2.75) is 45.7 Å². The average molecular weight is 284 g/mol. The van der Waals surface area contributed by atoms with Crippen LogP contribution in [-0.2, 0) is 0 Å². The lowest BCUT2D eigenvalue weighted by Gasteiger charge is -2.28. The molecule has 18 heavy (non-hydrogen) atoms. The van der Waals surface area contributed by atoms with Crippen molar-refractivity contribution >= 4 is 17.2 Å². The Balaban J connectivity index is 4.53. The normalized spacial score (nSPS) is 13.9. The molecule has 0 saturated carbocycles. The molecule has 0 spiro atoms. The van der Waals surface area contributed by atoms with E-state index in [0.717, 1.165) is 25.7 Å². The zero-order valence-corrected chi connectivity index (χ0v) is 11.9. The highest BCUT2D eigenvalue weighted by Crippen LogP contribution is 2.27. The number of rotatable bonds is 9. The van der Waals surface area contributed by atoms with Crippen molar-refractivity contribution in [3.63, 3.8) is 0 Å². The fourth-order valence-electron chi connectivity index (χ4n) is 1.67. The van der Waals surface area contributed by atoms with Crippen molar-refractivity contribution in [1.29, 1.82) is 0 Å². The van der Waals surface area contributed by atoms with E-state index in [0.29, 0.717) is 13.1 Å². The van der Waals surface area contributed by atoms with Crippen LogP contribution < -0.4 is 5.73 Å². The monoisotopic (exact) mass is 284 g/mol. The number of nitrogens with zero attached hydrogens (tertiary/aromatic N) is 1. The summed E-state index contributed by atoms with van der Waals surface area (Å²) in [5.74, 6) is -1.69. The van der Waals surface area contributed by atoms with Gasteiger partial charge in [-0.1, -0.05) is 38.9 Å². The fraction of sp³-hybridized carbons (Fsp3) is 0.917. The number of thiocarbonyl (C=S) groups is 1. The topological polar surface area (TPSA) is 29.3 Å². The van der Waals surface area contributed by atoms with E-state index >= 15 is 0 Å². The lowest BCUT2D eigenvalue weighted by Crippen LogP contribution is -2.44. The molecule has 0 aromatic rings. The van der Waals surface area contributed by atoms with Crippen LogP contribution in [-0.4, -0.2) is 35.7 Å². The molecular formula is C12H23F3N2S. The maximum atomic E-state index is 12.8. The van der Waals surface area contributed by atoms with Crippen LogP contribution in [0.3, 0.4) is 0 Å². The summed E-state index contributed by atoms with van der Waals surface area (Å²) in [4.78, 5) is 1.37. The predicted molar refractivity (Wildman–Crippen MR) is 72.6 cm³/mol. The minimum atomic E-state index is -4.34. The second-order valence-corrected chi connectivity index (χ2v) is 4.98. The van der Waals surface area contributed by atoms with E-state index in [2.05, 4.69) is 12.2 Å². The standard InChI is InChI=1S/C12H23F3N2S/c1-3-5-7-17(8-6-4-2)9-10(11(16)18)12(13,14)15/h10H,3-9H2,1-2H3,(H2,16,18). The Bertz CT molecular complexity index is 236. The van der Waals surface area contributed by atoms with Gasteiger partial charge in [-0.3, -0.25) is 0 Å². The Labute approximate surface area is 113 Å². The summed E-state index contributed by atoms with van der Waals surface area (Å²) in [6, 6.07) is 0. The van der Waals surface area contributed by atoms with Gasteiger partial charge >= 0.3 is 6.18 Å². The second-order valence-electron chi connectivity index (χ2n) is 4.50. The number of hydrogen-bond donors (Lipinski definition) is 1. The van der Waals surface area contributed by atoms with Crippen molar-refractivity contribution in [1.82, 2.24) is 4.90 Å². The molecular weight excluding hydrogens is 261 g/mol. The van der Waals surface area contributed by atoms with E-state index in [1.807, 2.05) is 18.7 Å². The molecule has 0 aliphatic heterocycles. The first-order chi connectivity index (χ1) is 8.32. The number of alkyl halides is 3. The maximum absolute atomic E-state index is 12.8. The molecule has 0 aliphatic rings. The molecule has 1 unspecified atom stereocenters. The molecule has 108 valence electrons. The molecule has 0 aromatic carbocycles. The third-order valence-corrected chi connectivity index (χ3v) is 3.12. The summed E-state index contributed by atoms with van der Waals surface area (Å²) < 4.78 is 38.3. The number of halogens is 3. The molecule has 0 rings (SSSR count). The quantitative estimate of drug-likeness (QED) is 0.658. The van der Waals surface area contributed by atoms with Gasteiger partial charge in [-0.25, -0.2) is 0 Å². The number of hydrogen-bond acceptors (Lipinski definition) is 2. The van der Waals surface area contributed by atoms with Crippen LogP contribution in [0.25, 0.3) is 0 Å². The predicted octanol–water partition coefficient (Wildman–Crippen LogP) is 3.35. The minimum Gasteiger partial charge on any atom is -0.393 e. The van der Waals surface area contributed by atoms with Gasteiger partial charge in [0.25, 0.3) is 0 Å². The summed E-state index contributed by atoms with van der Waals surface area (Å²) in [6.45, 7) is 5.27. The van der Waals surface area contributed by atoms with E-state index in [1.54, 1.807) is 0 Å². The van der Waals surface area contributed by atoms with Gasteiger partial charge in [-0.05, 0) is 25.9 Å².